The molecule has 34 heavy (non-hydrogen) atoms. The third-order valence-corrected chi connectivity index (χ3v) is 7.68. The highest BCUT2D eigenvalue weighted by Gasteiger charge is 2.43. The van der Waals surface area contributed by atoms with Crippen LogP contribution in [-0.4, -0.2) is 42.9 Å². The van der Waals surface area contributed by atoms with Crippen LogP contribution in [0.5, 0.6) is 0 Å². The third-order valence-electron chi connectivity index (χ3n) is 5.86. The molecular weight excluding hydrogens is 489 g/mol. The molecule has 1 fully saturated rings. The van der Waals surface area contributed by atoms with Gasteiger partial charge in [0.25, 0.3) is 11.8 Å². The number of anilines is 2. The second-order valence-electron chi connectivity index (χ2n) is 7.95. The Kier molecular flexibility index (Phi) is 6.55. The fourth-order valence-corrected chi connectivity index (χ4v) is 5.47. The van der Waals surface area contributed by atoms with Gasteiger partial charge in [0.2, 0.25) is 0 Å². The Morgan fingerprint density at radius 2 is 1.26 bits per heavy atom. The molecule has 2 aliphatic heterocycles. The zero-order valence-electron chi connectivity index (χ0n) is 18.2. The number of carbonyl (C=O) groups is 2. The summed E-state index contributed by atoms with van der Waals surface area (Å²) in [5, 5.41) is 0.663. The Hall–Kier alpha value is -2.93. The minimum absolute atomic E-state index is 0.293. The molecule has 0 radical (unpaired) electrons. The number of amides is 2. The van der Waals surface area contributed by atoms with Gasteiger partial charge in [-0.1, -0.05) is 71.4 Å². The quantitative estimate of drug-likeness (QED) is 0.413. The van der Waals surface area contributed by atoms with Crippen LogP contribution in [0.3, 0.4) is 0 Å². The minimum Gasteiger partial charge on any atom is -0.368 e. The molecule has 2 amide bonds. The molecule has 0 aliphatic carbocycles. The number of thioether (sulfide) groups is 1. The first-order chi connectivity index (χ1) is 16.5. The van der Waals surface area contributed by atoms with Gasteiger partial charge in [-0.3, -0.25) is 9.59 Å². The first kappa shape index (κ1) is 22.8. The van der Waals surface area contributed by atoms with Gasteiger partial charge in [-0.2, -0.15) is 0 Å². The van der Waals surface area contributed by atoms with Crippen molar-refractivity contribution in [2.75, 3.05) is 36.0 Å². The zero-order valence-corrected chi connectivity index (χ0v) is 20.5. The molecule has 0 atom stereocenters. The van der Waals surface area contributed by atoms with Crippen molar-refractivity contribution in [1.29, 1.82) is 0 Å². The molecule has 0 aromatic heterocycles. The van der Waals surface area contributed by atoms with E-state index in [1.807, 2.05) is 53.4 Å². The Balaban J connectivity index is 1.46. The zero-order chi connectivity index (χ0) is 23.7. The van der Waals surface area contributed by atoms with Gasteiger partial charge in [-0.25, -0.2) is 4.90 Å². The molecule has 0 spiro atoms. The Morgan fingerprint density at radius 3 is 1.91 bits per heavy atom. The highest BCUT2D eigenvalue weighted by Crippen LogP contribution is 2.40. The monoisotopic (exact) mass is 509 g/mol. The molecule has 3 aromatic rings. The Bertz CT molecular complexity index is 1260. The summed E-state index contributed by atoms with van der Waals surface area (Å²) >= 11 is 13.6. The summed E-state index contributed by atoms with van der Waals surface area (Å²) in [6.45, 7) is 2.78. The molecule has 3 aromatic carbocycles. The third kappa shape index (κ3) is 4.41. The largest absolute Gasteiger partial charge is 0.368 e. The summed E-state index contributed by atoms with van der Waals surface area (Å²) in [4.78, 5) is 34.1. The normalized spacial score (nSPS) is 16.6. The van der Waals surface area contributed by atoms with Crippen molar-refractivity contribution >= 4 is 58.2 Å². The number of imide groups is 1. The molecule has 0 bridgehead atoms. The number of nitrogens with zero attached hydrogens (tertiary/aromatic N) is 3. The molecule has 172 valence electrons. The van der Waals surface area contributed by atoms with Gasteiger partial charge < -0.3 is 9.80 Å². The standard InChI is InChI=1S/C26H21Cl2N3O2S/c27-21-12-11-19(17-22(21)28)31-25(32)23(24(26(31)33)34-20-9-5-2-6-10-20)30-15-13-29(14-16-30)18-7-3-1-4-8-18/h1-12,17H,13-16H2. The van der Waals surface area contributed by atoms with E-state index < -0.39 is 0 Å². The number of carbonyl (C=O) groups excluding carboxylic acids is 2. The van der Waals surface area contributed by atoms with Crippen LogP contribution in [0.25, 0.3) is 0 Å². The number of hydrogen-bond donors (Lipinski definition) is 0. The van der Waals surface area contributed by atoms with Gasteiger partial charge in [0.1, 0.15) is 10.6 Å². The summed E-state index contributed by atoms with van der Waals surface area (Å²) in [5.41, 5.74) is 2.01. The Morgan fingerprint density at radius 1 is 0.647 bits per heavy atom. The molecular formula is C26H21Cl2N3O2S. The number of benzene rings is 3. The van der Waals surface area contributed by atoms with Gasteiger partial charge in [0, 0.05) is 36.8 Å². The lowest BCUT2D eigenvalue weighted by atomic mass is 10.2. The van der Waals surface area contributed by atoms with Gasteiger partial charge >= 0.3 is 0 Å². The number of rotatable bonds is 5. The van der Waals surface area contributed by atoms with Crippen molar-refractivity contribution in [2.45, 2.75) is 4.90 Å². The van der Waals surface area contributed by atoms with E-state index in [9.17, 15) is 9.59 Å². The maximum absolute atomic E-state index is 13.7. The van der Waals surface area contributed by atoms with Gasteiger partial charge in [-0.15, -0.1) is 0 Å². The van der Waals surface area contributed by atoms with Crippen LogP contribution in [0, 0.1) is 0 Å². The average molecular weight is 510 g/mol. The van der Waals surface area contributed by atoms with E-state index in [-0.39, 0.29) is 11.8 Å². The van der Waals surface area contributed by atoms with Crippen molar-refractivity contribution < 1.29 is 9.59 Å². The van der Waals surface area contributed by atoms with Crippen molar-refractivity contribution in [3.63, 3.8) is 0 Å². The van der Waals surface area contributed by atoms with E-state index >= 15 is 0 Å². The summed E-state index contributed by atoms with van der Waals surface area (Å²) in [6, 6.07) is 24.6. The maximum Gasteiger partial charge on any atom is 0.283 e. The summed E-state index contributed by atoms with van der Waals surface area (Å²) < 4.78 is 0. The van der Waals surface area contributed by atoms with Crippen LogP contribution in [0.2, 0.25) is 10.0 Å². The van der Waals surface area contributed by atoms with Gasteiger partial charge in [-0.05, 0) is 42.5 Å². The molecule has 5 rings (SSSR count). The fraction of sp³-hybridized carbons (Fsp3) is 0.154. The van der Waals surface area contributed by atoms with Crippen molar-refractivity contribution in [1.82, 2.24) is 4.90 Å². The van der Waals surface area contributed by atoms with Crippen LogP contribution in [0.15, 0.2) is 94.4 Å². The maximum atomic E-state index is 13.7. The summed E-state index contributed by atoms with van der Waals surface area (Å²) in [5.74, 6) is -0.687. The fourth-order valence-electron chi connectivity index (χ4n) is 4.16. The molecule has 2 heterocycles. The SMILES string of the molecule is O=C1C(Sc2ccccc2)=C(N2CCN(c3ccccc3)CC2)C(=O)N1c1ccc(Cl)c(Cl)c1. The second-order valence-corrected chi connectivity index (χ2v) is 9.84. The Labute approximate surface area is 212 Å². The van der Waals surface area contributed by atoms with Gasteiger partial charge in [0.15, 0.2) is 0 Å². The van der Waals surface area contributed by atoms with E-state index in [1.54, 1.807) is 18.2 Å². The summed E-state index contributed by atoms with van der Waals surface area (Å²) in [6.07, 6.45) is 0. The van der Waals surface area contributed by atoms with E-state index in [2.05, 4.69) is 17.0 Å². The highest BCUT2D eigenvalue weighted by atomic mass is 35.5. The molecule has 0 unspecified atom stereocenters. The van der Waals surface area contributed by atoms with E-state index in [4.69, 9.17) is 23.2 Å². The van der Waals surface area contributed by atoms with Crippen molar-refractivity contribution in [2.24, 2.45) is 0 Å². The minimum atomic E-state index is -0.349. The predicted molar refractivity (Wildman–Crippen MR) is 139 cm³/mol. The topological polar surface area (TPSA) is 43.9 Å². The van der Waals surface area contributed by atoms with Crippen LogP contribution < -0.4 is 9.80 Å². The first-order valence-corrected chi connectivity index (χ1v) is 12.5. The molecule has 0 N–H and O–H groups in total. The molecule has 1 saturated heterocycles. The number of halogens is 2. The van der Waals surface area contributed by atoms with Crippen molar-refractivity contribution in [3.8, 4) is 0 Å². The molecule has 0 saturated carbocycles. The van der Waals surface area contributed by atoms with Crippen LogP contribution in [0.4, 0.5) is 11.4 Å². The smallest absolute Gasteiger partial charge is 0.283 e. The van der Waals surface area contributed by atoms with E-state index in [1.165, 1.54) is 16.7 Å². The lowest BCUT2D eigenvalue weighted by Crippen LogP contribution is -2.47. The molecule has 8 heteroatoms. The predicted octanol–water partition coefficient (Wildman–Crippen LogP) is 5.69. The average Bonchev–Trinajstić information content (AvgIpc) is 3.11. The van der Waals surface area contributed by atoms with Crippen LogP contribution in [-0.2, 0) is 9.59 Å². The van der Waals surface area contributed by atoms with E-state index in [0.29, 0.717) is 39.4 Å². The lowest BCUT2D eigenvalue weighted by Gasteiger charge is -2.37. The van der Waals surface area contributed by atoms with E-state index in [0.717, 1.165) is 23.7 Å². The number of para-hydroxylation sites is 1. The van der Waals surface area contributed by atoms with Crippen LogP contribution >= 0.6 is 35.0 Å². The summed E-state index contributed by atoms with van der Waals surface area (Å²) in [7, 11) is 0. The molecule has 5 nitrogen and oxygen atoms in total. The highest BCUT2D eigenvalue weighted by molar-refractivity contribution is 8.04. The first-order valence-electron chi connectivity index (χ1n) is 10.9. The number of piperazine rings is 1. The van der Waals surface area contributed by atoms with Gasteiger partial charge in [0.05, 0.1) is 15.7 Å². The second kappa shape index (κ2) is 9.74. The van der Waals surface area contributed by atoms with Crippen molar-refractivity contribution in [3.05, 3.63) is 99.5 Å². The molecule has 2 aliphatic rings. The van der Waals surface area contributed by atoms with Crippen LogP contribution in [0.1, 0.15) is 0 Å². The lowest BCUT2D eigenvalue weighted by molar-refractivity contribution is -0.121. The number of hydrogen-bond acceptors (Lipinski definition) is 5.